The quantitative estimate of drug-likeness (QED) is 0.808. The SMILES string of the molecule is CC(=O)N[C@H](CC(=O)N1CCO[C@@H](CC(=O)O)C1)c1ccccc1. The summed E-state index contributed by atoms with van der Waals surface area (Å²) < 4.78 is 5.38. The maximum atomic E-state index is 12.6. The minimum absolute atomic E-state index is 0.127. The summed E-state index contributed by atoms with van der Waals surface area (Å²) in [6.07, 6.45) is -0.489. The third-order valence-electron chi connectivity index (χ3n) is 3.85. The van der Waals surface area contributed by atoms with Gasteiger partial charge in [-0.15, -0.1) is 0 Å². The number of nitrogens with one attached hydrogen (secondary N) is 1. The number of carboxylic acid groups (broad SMARTS) is 1. The number of carboxylic acids is 1. The van der Waals surface area contributed by atoms with E-state index in [-0.39, 0.29) is 31.2 Å². The average Bonchev–Trinajstić information content (AvgIpc) is 2.54. The van der Waals surface area contributed by atoms with E-state index in [1.807, 2.05) is 30.3 Å². The van der Waals surface area contributed by atoms with Crippen LogP contribution >= 0.6 is 0 Å². The molecule has 0 saturated carbocycles. The molecule has 7 nitrogen and oxygen atoms in total. The fraction of sp³-hybridized carbons (Fsp3) is 0.471. The standard InChI is InChI=1S/C17H22N2O5/c1-12(20)18-15(13-5-3-2-4-6-13)10-16(21)19-7-8-24-14(11-19)9-17(22)23/h2-6,14-15H,7-11H2,1H3,(H,18,20)(H,22,23)/t14-,15+/m0/s1. The van der Waals surface area contributed by atoms with E-state index in [4.69, 9.17) is 9.84 Å². The zero-order valence-electron chi connectivity index (χ0n) is 13.6. The lowest BCUT2D eigenvalue weighted by atomic mass is 10.0. The number of rotatable bonds is 6. The van der Waals surface area contributed by atoms with Crippen LogP contribution in [0.25, 0.3) is 0 Å². The van der Waals surface area contributed by atoms with Crippen LogP contribution in [0, 0.1) is 0 Å². The topological polar surface area (TPSA) is 95.9 Å². The second-order valence-electron chi connectivity index (χ2n) is 5.80. The van der Waals surface area contributed by atoms with Crippen LogP contribution in [0.3, 0.4) is 0 Å². The van der Waals surface area contributed by atoms with E-state index < -0.39 is 18.1 Å². The average molecular weight is 334 g/mol. The third-order valence-corrected chi connectivity index (χ3v) is 3.85. The highest BCUT2D eigenvalue weighted by atomic mass is 16.5. The lowest BCUT2D eigenvalue weighted by Crippen LogP contribution is -2.47. The number of hydrogen-bond acceptors (Lipinski definition) is 4. The summed E-state index contributed by atoms with van der Waals surface area (Å²) >= 11 is 0. The highest BCUT2D eigenvalue weighted by molar-refractivity contribution is 5.79. The van der Waals surface area contributed by atoms with E-state index in [0.29, 0.717) is 13.2 Å². The monoisotopic (exact) mass is 334 g/mol. The van der Waals surface area contributed by atoms with Crippen LogP contribution in [0.2, 0.25) is 0 Å². The van der Waals surface area contributed by atoms with Crippen molar-refractivity contribution in [3.63, 3.8) is 0 Å². The molecule has 1 heterocycles. The van der Waals surface area contributed by atoms with Crippen molar-refractivity contribution in [1.29, 1.82) is 0 Å². The van der Waals surface area contributed by atoms with E-state index in [1.54, 1.807) is 4.90 Å². The van der Waals surface area contributed by atoms with Crippen LogP contribution < -0.4 is 5.32 Å². The molecule has 0 spiro atoms. The first-order valence-electron chi connectivity index (χ1n) is 7.89. The van der Waals surface area contributed by atoms with Crippen LogP contribution in [0.5, 0.6) is 0 Å². The van der Waals surface area contributed by atoms with E-state index >= 15 is 0 Å². The van der Waals surface area contributed by atoms with Crippen molar-refractivity contribution in [2.75, 3.05) is 19.7 Å². The van der Waals surface area contributed by atoms with Gasteiger partial charge in [0.05, 0.1) is 31.6 Å². The molecule has 1 aliphatic heterocycles. The lowest BCUT2D eigenvalue weighted by molar-refractivity contribution is -0.148. The minimum Gasteiger partial charge on any atom is -0.481 e. The second-order valence-corrected chi connectivity index (χ2v) is 5.80. The molecule has 0 radical (unpaired) electrons. The Labute approximate surface area is 140 Å². The molecule has 24 heavy (non-hydrogen) atoms. The van der Waals surface area contributed by atoms with Gasteiger partial charge in [-0.05, 0) is 5.56 Å². The molecule has 2 amide bonds. The fourth-order valence-electron chi connectivity index (χ4n) is 2.75. The molecule has 7 heteroatoms. The predicted octanol–water partition coefficient (Wildman–Crippen LogP) is 0.956. The molecule has 1 aliphatic rings. The van der Waals surface area contributed by atoms with Gasteiger partial charge < -0.3 is 20.1 Å². The summed E-state index contributed by atoms with van der Waals surface area (Å²) in [5.74, 6) is -1.28. The number of aliphatic carboxylic acids is 1. The largest absolute Gasteiger partial charge is 0.481 e. The molecular weight excluding hydrogens is 312 g/mol. The van der Waals surface area contributed by atoms with Gasteiger partial charge in [-0.3, -0.25) is 14.4 Å². The van der Waals surface area contributed by atoms with Gasteiger partial charge in [0, 0.05) is 20.0 Å². The molecule has 0 unspecified atom stereocenters. The van der Waals surface area contributed by atoms with Gasteiger partial charge in [0.2, 0.25) is 11.8 Å². The van der Waals surface area contributed by atoms with Crippen molar-refractivity contribution < 1.29 is 24.2 Å². The summed E-state index contributed by atoms with van der Waals surface area (Å²) in [6, 6.07) is 8.89. The number of carbonyl (C=O) groups excluding carboxylic acids is 2. The number of hydrogen-bond donors (Lipinski definition) is 2. The number of carbonyl (C=O) groups is 3. The zero-order chi connectivity index (χ0) is 17.5. The first-order valence-corrected chi connectivity index (χ1v) is 7.89. The fourth-order valence-corrected chi connectivity index (χ4v) is 2.75. The molecule has 0 aliphatic carbocycles. The smallest absolute Gasteiger partial charge is 0.306 e. The molecule has 2 N–H and O–H groups in total. The van der Waals surface area contributed by atoms with Crippen molar-refractivity contribution in [3.05, 3.63) is 35.9 Å². The summed E-state index contributed by atoms with van der Waals surface area (Å²) in [7, 11) is 0. The molecule has 2 rings (SSSR count). The number of nitrogens with zero attached hydrogens (tertiary/aromatic N) is 1. The number of ether oxygens (including phenoxy) is 1. The van der Waals surface area contributed by atoms with Gasteiger partial charge in [-0.1, -0.05) is 30.3 Å². The van der Waals surface area contributed by atoms with Crippen LogP contribution in [0.15, 0.2) is 30.3 Å². The Hall–Kier alpha value is -2.41. The number of morpholine rings is 1. The Balaban J connectivity index is 2.01. The zero-order valence-corrected chi connectivity index (χ0v) is 13.6. The lowest BCUT2D eigenvalue weighted by Gasteiger charge is -2.33. The Bertz CT molecular complexity index is 590. The van der Waals surface area contributed by atoms with E-state index in [9.17, 15) is 14.4 Å². The van der Waals surface area contributed by atoms with E-state index in [2.05, 4.69) is 5.32 Å². The van der Waals surface area contributed by atoms with Gasteiger partial charge in [0.25, 0.3) is 0 Å². The van der Waals surface area contributed by atoms with Gasteiger partial charge in [0.15, 0.2) is 0 Å². The summed E-state index contributed by atoms with van der Waals surface area (Å²) in [4.78, 5) is 36.4. The van der Waals surface area contributed by atoms with Crippen molar-refractivity contribution in [3.8, 4) is 0 Å². The Kier molecular flexibility index (Phi) is 6.31. The molecule has 0 aromatic heterocycles. The molecule has 1 aromatic rings. The molecule has 1 aromatic carbocycles. The van der Waals surface area contributed by atoms with Crippen LogP contribution in [-0.2, 0) is 19.1 Å². The summed E-state index contributed by atoms with van der Waals surface area (Å²) in [6.45, 7) is 2.42. The van der Waals surface area contributed by atoms with Gasteiger partial charge >= 0.3 is 5.97 Å². The van der Waals surface area contributed by atoms with Crippen molar-refractivity contribution in [1.82, 2.24) is 10.2 Å². The van der Waals surface area contributed by atoms with Gasteiger partial charge in [-0.2, -0.15) is 0 Å². The maximum Gasteiger partial charge on any atom is 0.306 e. The number of benzene rings is 1. The Morgan fingerprint density at radius 1 is 1.33 bits per heavy atom. The molecule has 1 fully saturated rings. The van der Waals surface area contributed by atoms with Gasteiger partial charge in [0.1, 0.15) is 0 Å². The highest BCUT2D eigenvalue weighted by Gasteiger charge is 2.28. The van der Waals surface area contributed by atoms with Crippen LogP contribution in [0.4, 0.5) is 0 Å². The molecule has 130 valence electrons. The summed E-state index contributed by atoms with van der Waals surface area (Å²) in [5, 5.41) is 11.7. The summed E-state index contributed by atoms with van der Waals surface area (Å²) in [5.41, 5.74) is 0.858. The maximum absolute atomic E-state index is 12.6. The van der Waals surface area contributed by atoms with Gasteiger partial charge in [-0.25, -0.2) is 0 Å². The van der Waals surface area contributed by atoms with Crippen molar-refractivity contribution in [2.24, 2.45) is 0 Å². The van der Waals surface area contributed by atoms with E-state index in [0.717, 1.165) is 5.56 Å². The Morgan fingerprint density at radius 2 is 2.04 bits per heavy atom. The normalized spacial score (nSPS) is 18.7. The third kappa shape index (κ3) is 5.34. The van der Waals surface area contributed by atoms with Crippen molar-refractivity contribution >= 4 is 17.8 Å². The molecule has 2 atom stereocenters. The predicted molar refractivity (Wildman–Crippen MR) is 86.2 cm³/mol. The number of amides is 2. The first-order chi connectivity index (χ1) is 11.5. The van der Waals surface area contributed by atoms with Crippen LogP contribution in [0.1, 0.15) is 31.4 Å². The molecule has 1 saturated heterocycles. The Morgan fingerprint density at radius 3 is 2.67 bits per heavy atom. The minimum atomic E-state index is -0.949. The van der Waals surface area contributed by atoms with Crippen LogP contribution in [-0.4, -0.2) is 53.6 Å². The highest BCUT2D eigenvalue weighted by Crippen LogP contribution is 2.19. The molecule has 0 bridgehead atoms. The van der Waals surface area contributed by atoms with E-state index in [1.165, 1.54) is 6.92 Å². The van der Waals surface area contributed by atoms with Crippen molar-refractivity contribution in [2.45, 2.75) is 31.9 Å². The molecular formula is C17H22N2O5. The first kappa shape index (κ1) is 17.9. The second kappa shape index (κ2) is 8.44.